The first-order valence-electron chi connectivity index (χ1n) is 9.66. The molecule has 3 rings (SSSR count). The van der Waals surface area contributed by atoms with Crippen LogP contribution in [0.2, 0.25) is 0 Å². The number of piperazine rings is 1. The number of carbonyl (C=O) groups excluding carboxylic acids is 2. The van der Waals surface area contributed by atoms with Gasteiger partial charge in [0.05, 0.1) is 0 Å². The summed E-state index contributed by atoms with van der Waals surface area (Å²) in [6.07, 6.45) is 0.275. The smallest absolute Gasteiger partial charge is 0.252 e. The predicted molar refractivity (Wildman–Crippen MR) is 112 cm³/mol. The van der Waals surface area contributed by atoms with Crippen LogP contribution in [0.4, 0.5) is 0 Å². The van der Waals surface area contributed by atoms with E-state index in [1.165, 1.54) is 16.9 Å². The summed E-state index contributed by atoms with van der Waals surface area (Å²) in [7, 11) is 2.16. The summed E-state index contributed by atoms with van der Waals surface area (Å²) in [4.78, 5) is 28.7. The Morgan fingerprint density at radius 1 is 1.07 bits per heavy atom. The van der Waals surface area contributed by atoms with Crippen molar-refractivity contribution in [2.24, 2.45) is 0 Å². The third kappa shape index (κ3) is 6.44. The van der Waals surface area contributed by atoms with Crippen molar-refractivity contribution < 1.29 is 9.59 Å². The van der Waals surface area contributed by atoms with Crippen LogP contribution in [-0.2, 0) is 17.9 Å². The van der Waals surface area contributed by atoms with Crippen LogP contribution < -0.4 is 10.6 Å². The van der Waals surface area contributed by atoms with Crippen LogP contribution in [0.1, 0.15) is 27.9 Å². The second-order valence-corrected chi connectivity index (χ2v) is 7.97. The molecule has 2 N–H and O–H groups in total. The fourth-order valence-corrected chi connectivity index (χ4v) is 3.81. The van der Waals surface area contributed by atoms with Crippen LogP contribution in [0.15, 0.2) is 41.1 Å². The summed E-state index contributed by atoms with van der Waals surface area (Å²) in [6.45, 7) is 6.20. The van der Waals surface area contributed by atoms with Gasteiger partial charge in [0, 0.05) is 63.2 Å². The van der Waals surface area contributed by atoms with Gasteiger partial charge in [-0.3, -0.25) is 14.5 Å². The molecule has 2 aromatic rings. The van der Waals surface area contributed by atoms with Crippen molar-refractivity contribution in [3.8, 4) is 0 Å². The minimum Gasteiger partial charge on any atom is -0.352 e. The predicted octanol–water partition coefficient (Wildman–Crippen LogP) is 1.93. The number of thiophene rings is 1. The molecule has 1 aromatic heterocycles. The van der Waals surface area contributed by atoms with Crippen LogP contribution in [0, 0.1) is 0 Å². The largest absolute Gasteiger partial charge is 0.352 e. The molecule has 150 valence electrons. The van der Waals surface area contributed by atoms with E-state index in [9.17, 15) is 9.59 Å². The molecule has 0 aliphatic carbocycles. The van der Waals surface area contributed by atoms with E-state index in [0.717, 1.165) is 38.3 Å². The molecule has 0 saturated carbocycles. The number of amides is 2. The molecule has 7 heteroatoms. The van der Waals surface area contributed by atoms with E-state index in [1.54, 1.807) is 11.4 Å². The van der Waals surface area contributed by atoms with Gasteiger partial charge in [0.15, 0.2) is 0 Å². The SMILES string of the molecule is CN1CCN(Cc2cccc(CNC(=O)CCNC(=O)c3ccsc3)c2)CC1. The summed E-state index contributed by atoms with van der Waals surface area (Å²) >= 11 is 1.48. The highest BCUT2D eigenvalue weighted by Gasteiger charge is 2.14. The van der Waals surface area contributed by atoms with Gasteiger partial charge in [-0.15, -0.1) is 0 Å². The lowest BCUT2D eigenvalue weighted by molar-refractivity contribution is -0.121. The van der Waals surface area contributed by atoms with Gasteiger partial charge in [-0.1, -0.05) is 24.3 Å². The Hall–Kier alpha value is -2.22. The molecule has 1 fully saturated rings. The van der Waals surface area contributed by atoms with Gasteiger partial charge in [0.2, 0.25) is 5.91 Å². The number of benzene rings is 1. The van der Waals surface area contributed by atoms with Crippen LogP contribution in [0.3, 0.4) is 0 Å². The minimum absolute atomic E-state index is 0.0601. The van der Waals surface area contributed by atoms with E-state index in [4.69, 9.17) is 0 Å². The number of rotatable bonds is 8. The average molecular weight is 401 g/mol. The number of hydrogen-bond acceptors (Lipinski definition) is 5. The second-order valence-electron chi connectivity index (χ2n) is 7.19. The molecule has 2 heterocycles. The monoisotopic (exact) mass is 400 g/mol. The fourth-order valence-electron chi connectivity index (χ4n) is 3.18. The summed E-state index contributed by atoms with van der Waals surface area (Å²) in [5.41, 5.74) is 3.02. The second kappa shape index (κ2) is 10.4. The average Bonchev–Trinajstić information content (AvgIpc) is 3.23. The molecule has 0 radical (unpaired) electrons. The number of nitrogens with one attached hydrogen (secondary N) is 2. The first-order chi connectivity index (χ1) is 13.6. The van der Waals surface area contributed by atoms with Gasteiger partial charge in [0.25, 0.3) is 5.91 Å². The van der Waals surface area contributed by atoms with Crippen molar-refractivity contribution in [2.75, 3.05) is 39.8 Å². The van der Waals surface area contributed by atoms with E-state index in [0.29, 0.717) is 18.7 Å². The normalized spacial score (nSPS) is 15.3. The summed E-state index contributed by atoms with van der Waals surface area (Å²) in [6, 6.07) is 10.2. The molecule has 0 spiro atoms. The highest BCUT2D eigenvalue weighted by Crippen LogP contribution is 2.10. The molecule has 2 amide bonds. The van der Waals surface area contributed by atoms with Crippen molar-refractivity contribution >= 4 is 23.2 Å². The fraction of sp³-hybridized carbons (Fsp3) is 0.429. The van der Waals surface area contributed by atoms with E-state index in [-0.39, 0.29) is 18.2 Å². The van der Waals surface area contributed by atoms with Gasteiger partial charge in [-0.05, 0) is 29.6 Å². The first-order valence-corrected chi connectivity index (χ1v) is 10.6. The molecule has 0 unspecified atom stereocenters. The van der Waals surface area contributed by atoms with Crippen LogP contribution >= 0.6 is 11.3 Å². The minimum atomic E-state index is -0.134. The molecular formula is C21H28N4O2S. The van der Waals surface area contributed by atoms with Gasteiger partial charge in [0.1, 0.15) is 0 Å². The molecule has 1 aliphatic heterocycles. The highest BCUT2D eigenvalue weighted by atomic mass is 32.1. The highest BCUT2D eigenvalue weighted by molar-refractivity contribution is 7.08. The Labute approximate surface area is 170 Å². The maximum Gasteiger partial charge on any atom is 0.252 e. The van der Waals surface area contributed by atoms with Gasteiger partial charge < -0.3 is 15.5 Å². The number of hydrogen-bond donors (Lipinski definition) is 2. The molecule has 1 aliphatic rings. The molecule has 6 nitrogen and oxygen atoms in total. The zero-order chi connectivity index (χ0) is 19.8. The maximum atomic E-state index is 12.0. The lowest BCUT2D eigenvalue weighted by Crippen LogP contribution is -2.43. The Morgan fingerprint density at radius 2 is 1.86 bits per heavy atom. The standard InChI is InChI=1S/C21H28N4O2S/c1-24-8-10-25(11-9-24)15-18-4-2-3-17(13-18)14-23-20(26)5-7-22-21(27)19-6-12-28-16-19/h2-4,6,12-13,16H,5,7-11,14-15H2,1H3,(H,22,27)(H,23,26). The first kappa shape index (κ1) is 20.5. The lowest BCUT2D eigenvalue weighted by atomic mass is 10.1. The van der Waals surface area contributed by atoms with Crippen molar-refractivity contribution in [3.05, 3.63) is 57.8 Å². The number of nitrogens with zero attached hydrogens (tertiary/aromatic N) is 2. The quantitative estimate of drug-likeness (QED) is 0.711. The molecule has 0 bridgehead atoms. The van der Waals surface area contributed by atoms with Crippen LogP contribution in [0.25, 0.3) is 0 Å². The van der Waals surface area contributed by atoms with Crippen LogP contribution in [0.5, 0.6) is 0 Å². The van der Waals surface area contributed by atoms with Crippen molar-refractivity contribution in [2.45, 2.75) is 19.5 Å². The Kier molecular flexibility index (Phi) is 7.59. The third-order valence-electron chi connectivity index (χ3n) is 4.90. The van der Waals surface area contributed by atoms with Crippen LogP contribution in [-0.4, -0.2) is 61.4 Å². The van der Waals surface area contributed by atoms with E-state index in [1.807, 2.05) is 17.5 Å². The Bertz CT molecular complexity index is 770. The number of carbonyl (C=O) groups is 2. The topological polar surface area (TPSA) is 64.7 Å². The third-order valence-corrected chi connectivity index (χ3v) is 5.59. The van der Waals surface area contributed by atoms with E-state index >= 15 is 0 Å². The van der Waals surface area contributed by atoms with Crippen molar-refractivity contribution in [1.82, 2.24) is 20.4 Å². The van der Waals surface area contributed by atoms with Crippen molar-refractivity contribution in [3.63, 3.8) is 0 Å². The van der Waals surface area contributed by atoms with E-state index in [2.05, 4.69) is 39.6 Å². The molecule has 28 heavy (non-hydrogen) atoms. The number of likely N-dealkylation sites (N-methyl/N-ethyl adjacent to an activating group) is 1. The summed E-state index contributed by atoms with van der Waals surface area (Å²) in [5.74, 6) is -0.194. The van der Waals surface area contributed by atoms with Crippen molar-refractivity contribution in [1.29, 1.82) is 0 Å². The Morgan fingerprint density at radius 3 is 2.61 bits per heavy atom. The Balaban J connectivity index is 1.38. The molecular weight excluding hydrogens is 372 g/mol. The summed E-state index contributed by atoms with van der Waals surface area (Å²) in [5, 5.41) is 9.36. The van der Waals surface area contributed by atoms with Gasteiger partial charge in [-0.2, -0.15) is 11.3 Å². The molecule has 1 saturated heterocycles. The maximum absolute atomic E-state index is 12.0. The molecule has 1 aromatic carbocycles. The summed E-state index contributed by atoms with van der Waals surface area (Å²) < 4.78 is 0. The molecule has 0 atom stereocenters. The zero-order valence-corrected chi connectivity index (χ0v) is 17.1. The zero-order valence-electron chi connectivity index (χ0n) is 16.3. The van der Waals surface area contributed by atoms with Gasteiger partial charge in [-0.25, -0.2) is 0 Å². The van der Waals surface area contributed by atoms with E-state index < -0.39 is 0 Å². The van der Waals surface area contributed by atoms with Gasteiger partial charge >= 0.3 is 0 Å². The lowest BCUT2D eigenvalue weighted by Gasteiger charge is -2.32.